The second-order valence-corrected chi connectivity index (χ2v) is 8.90. The van der Waals surface area contributed by atoms with Gasteiger partial charge in [-0.25, -0.2) is 4.98 Å². The fraction of sp³-hybridized carbons (Fsp3) is 0.520. The van der Waals surface area contributed by atoms with Crippen molar-refractivity contribution in [2.45, 2.75) is 57.7 Å². The summed E-state index contributed by atoms with van der Waals surface area (Å²) in [4.78, 5) is 18.3. The fourth-order valence-corrected chi connectivity index (χ4v) is 4.49. The number of rotatable bonds is 8. The van der Waals surface area contributed by atoms with Gasteiger partial charge in [0.2, 0.25) is 5.91 Å². The van der Waals surface area contributed by atoms with Crippen molar-refractivity contribution in [3.8, 4) is 5.75 Å². The number of carbonyl (C=O) groups excluding carboxylic acids is 1. The number of halogens is 3. The number of hydrogen-bond donors (Lipinski definition) is 1. The lowest BCUT2D eigenvalue weighted by Crippen LogP contribution is -2.40. The fourth-order valence-electron chi connectivity index (χ4n) is 4.49. The monoisotopic (exact) mass is 461 g/mol. The molecule has 1 aromatic heterocycles. The molecular formula is C25H30F3N3O2. The van der Waals surface area contributed by atoms with E-state index < -0.39 is 24.5 Å². The number of anilines is 1. The van der Waals surface area contributed by atoms with E-state index in [2.05, 4.69) is 11.4 Å². The third kappa shape index (κ3) is 5.78. The maximum Gasteiger partial charge on any atom is 0.406 e. The maximum atomic E-state index is 13.1. The zero-order chi connectivity index (χ0) is 23.6. The molecule has 0 saturated heterocycles. The van der Waals surface area contributed by atoms with Gasteiger partial charge in [0.15, 0.2) is 0 Å². The molecule has 0 bridgehead atoms. The predicted molar refractivity (Wildman–Crippen MR) is 120 cm³/mol. The van der Waals surface area contributed by atoms with Crippen molar-refractivity contribution in [2.75, 3.05) is 25.5 Å². The van der Waals surface area contributed by atoms with Crippen LogP contribution in [0.4, 0.5) is 19.0 Å². The van der Waals surface area contributed by atoms with Crippen LogP contribution in [0.2, 0.25) is 0 Å². The van der Waals surface area contributed by atoms with Crippen LogP contribution < -0.4 is 10.1 Å². The van der Waals surface area contributed by atoms with Gasteiger partial charge >= 0.3 is 6.18 Å². The Bertz CT molecular complexity index is 1000. The van der Waals surface area contributed by atoms with Gasteiger partial charge in [0.05, 0.1) is 6.61 Å². The normalized spacial score (nSPS) is 18.6. The standard InChI is InChI=1S/C25H30F3N3O2/c1-3-16-12-18-6-7-20(13-19(18)14-31(24(16)32)15-25(26,27)28)33-11-10-22-21(17-4-5-17)8-9-23(29-2)30-22/h6-9,13,16-17H,3-5,10-12,14-15H2,1-2H3,(H,29,30)/t16-/m1/s1. The van der Waals surface area contributed by atoms with Crippen LogP contribution in [-0.2, 0) is 24.2 Å². The summed E-state index contributed by atoms with van der Waals surface area (Å²) in [6.07, 6.45) is -0.455. The van der Waals surface area contributed by atoms with Crippen LogP contribution in [0.1, 0.15) is 54.5 Å². The summed E-state index contributed by atoms with van der Waals surface area (Å²) in [5, 5.41) is 3.07. The van der Waals surface area contributed by atoms with Crippen LogP contribution >= 0.6 is 0 Å². The molecule has 5 nitrogen and oxygen atoms in total. The molecule has 2 heterocycles. The average Bonchev–Trinajstić information content (AvgIpc) is 3.62. The number of pyridine rings is 1. The number of fused-ring (bicyclic) bond motifs is 1. The van der Waals surface area contributed by atoms with E-state index in [1.807, 2.05) is 32.2 Å². The van der Waals surface area contributed by atoms with E-state index in [9.17, 15) is 18.0 Å². The molecule has 8 heteroatoms. The highest BCUT2D eigenvalue weighted by molar-refractivity contribution is 5.80. The summed E-state index contributed by atoms with van der Waals surface area (Å²) in [6, 6.07) is 9.62. The van der Waals surface area contributed by atoms with E-state index in [4.69, 9.17) is 9.72 Å². The van der Waals surface area contributed by atoms with Gasteiger partial charge in [-0.15, -0.1) is 0 Å². The molecule has 2 aromatic rings. The van der Waals surface area contributed by atoms with Crippen molar-refractivity contribution in [1.82, 2.24) is 9.88 Å². The first-order valence-corrected chi connectivity index (χ1v) is 11.5. The van der Waals surface area contributed by atoms with E-state index in [1.165, 1.54) is 18.4 Å². The summed E-state index contributed by atoms with van der Waals surface area (Å²) < 4.78 is 45.2. The molecule has 1 N–H and O–H groups in total. The van der Waals surface area contributed by atoms with Crippen molar-refractivity contribution in [3.63, 3.8) is 0 Å². The number of amides is 1. The lowest BCUT2D eigenvalue weighted by Gasteiger charge is -2.25. The van der Waals surface area contributed by atoms with Gasteiger partial charge < -0.3 is 15.0 Å². The molecular weight excluding hydrogens is 431 g/mol. The molecule has 4 rings (SSSR count). The Morgan fingerprint density at radius 1 is 1.18 bits per heavy atom. The van der Waals surface area contributed by atoms with Gasteiger partial charge in [-0.05, 0) is 66.5 Å². The Balaban J connectivity index is 1.47. The van der Waals surface area contributed by atoms with Crippen LogP contribution in [0.3, 0.4) is 0 Å². The molecule has 1 atom stereocenters. The van der Waals surface area contributed by atoms with Gasteiger partial charge in [0, 0.05) is 31.6 Å². The number of alkyl halides is 3. The third-order valence-corrected chi connectivity index (χ3v) is 6.42. The summed E-state index contributed by atoms with van der Waals surface area (Å²) in [6.45, 7) is 0.967. The zero-order valence-corrected chi connectivity index (χ0v) is 19.0. The molecule has 1 aromatic carbocycles. The first-order valence-electron chi connectivity index (χ1n) is 11.5. The van der Waals surface area contributed by atoms with Crippen LogP contribution in [-0.4, -0.2) is 42.2 Å². The van der Waals surface area contributed by atoms with Crippen molar-refractivity contribution in [2.24, 2.45) is 5.92 Å². The maximum absolute atomic E-state index is 13.1. The summed E-state index contributed by atoms with van der Waals surface area (Å²) >= 11 is 0. The highest BCUT2D eigenvalue weighted by atomic mass is 19.4. The molecule has 0 radical (unpaired) electrons. The van der Waals surface area contributed by atoms with Crippen molar-refractivity contribution in [3.05, 3.63) is 52.7 Å². The van der Waals surface area contributed by atoms with Crippen LogP contribution in [0.15, 0.2) is 30.3 Å². The van der Waals surface area contributed by atoms with Gasteiger partial charge in [0.1, 0.15) is 18.1 Å². The number of nitrogens with zero attached hydrogens (tertiary/aromatic N) is 2. The number of nitrogens with one attached hydrogen (secondary N) is 1. The quantitative estimate of drug-likeness (QED) is 0.595. The molecule has 1 aliphatic heterocycles. The third-order valence-electron chi connectivity index (χ3n) is 6.42. The largest absolute Gasteiger partial charge is 0.493 e. The Morgan fingerprint density at radius 3 is 2.64 bits per heavy atom. The van der Waals surface area contributed by atoms with E-state index in [-0.39, 0.29) is 6.54 Å². The topological polar surface area (TPSA) is 54.5 Å². The Morgan fingerprint density at radius 2 is 1.97 bits per heavy atom. The number of benzene rings is 1. The van der Waals surface area contributed by atoms with Crippen molar-refractivity contribution in [1.29, 1.82) is 0 Å². The number of hydrogen-bond acceptors (Lipinski definition) is 4. The van der Waals surface area contributed by atoms with Crippen LogP contribution in [0.5, 0.6) is 5.75 Å². The van der Waals surface area contributed by atoms with Crippen LogP contribution in [0, 0.1) is 5.92 Å². The summed E-state index contributed by atoms with van der Waals surface area (Å²) in [5.74, 6) is 1.12. The number of ether oxygens (including phenoxy) is 1. The molecule has 1 saturated carbocycles. The molecule has 0 spiro atoms. The summed E-state index contributed by atoms with van der Waals surface area (Å²) in [5.41, 5.74) is 3.92. The Kier molecular flexibility index (Phi) is 6.81. The van der Waals surface area contributed by atoms with E-state index in [0.717, 1.165) is 27.5 Å². The van der Waals surface area contributed by atoms with Crippen molar-refractivity contribution < 1.29 is 22.7 Å². The highest BCUT2D eigenvalue weighted by Gasteiger charge is 2.37. The zero-order valence-electron chi connectivity index (χ0n) is 19.0. The summed E-state index contributed by atoms with van der Waals surface area (Å²) in [7, 11) is 1.84. The lowest BCUT2D eigenvalue weighted by atomic mass is 9.95. The number of carbonyl (C=O) groups is 1. The first-order chi connectivity index (χ1) is 15.8. The minimum atomic E-state index is -4.43. The Hall–Kier alpha value is -2.77. The van der Waals surface area contributed by atoms with Crippen molar-refractivity contribution >= 4 is 11.7 Å². The molecule has 178 valence electrons. The van der Waals surface area contributed by atoms with Gasteiger partial charge in [0.25, 0.3) is 0 Å². The first kappa shape index (κ1) is 23.4. The Labute approximate surface area is 192 Å². The number of aromatic nitrogens is 1. The second-order valence-electron chi connectivity index (χ2n) is 8.90. The minimum absolute atomic E-state index is 0.0566. The van der Waals surface area contributed by atoms with Crippen LogP contribution in [0.25, 0.3) is 0 Å². The predicted octanol–water partition coefficient (Wildman–Crippen LogP) is 5.10. The average molecular weight is 462 g/mol. The molecule has 1 amide bonds. The molecule has 1 aliphatic carbocycles. The molecule has 33 heavy (non-hydrogen) atoms. The van der Waals surface area contributed by atoms with E-state index in [0.29, 0.717) is 37.5 Å². The smallest absolute Gasteiger partial charge is 0.406 e. The molecule has 0 unspecified atom stereocenters. The van der Waals surface area contributed by atoms with E-state index in [1.54, 1.807) is 6.07 Å². The van der Waals surface area contributed by atoms with Gasteiger partial charge in [-0.1, -0.05) is 19.1 Å². The SMILES string of the molecule is CC[C@@H]1Cc2ccc(OCCc3nc(NC)ccc3C3CC3)cc2CN(CC(F)(F)F)C1=O. The molecule has 2 aliphatic rings. The van der Waals surface area contributed by atoms with Gasteiger partial charge in [-0.2, -0.15) is 13.2 Å². The lowest BCUT2D eigenvalue weighted by molar-refractivity contribution is -0.164. The highest BCUT2D eigenvalue weighted by Crippen LogP contribution is 2.41. The molecule has 1 fully saturated rings. The van der Waals surface area contributed by atoms with Gasteiger partial charge in [-0.3, -0.25) is 4.79 Å². The minimum Gasteiger partial charge on any atom is -0.493 e. The second kappa shape index (κ2) is 9.61. The van der Waals surface area contributed by atoms with E-state index >= 15 is 0 Å².